The van der Waals surface area contributed by atoms with Crippen molar-refractivity contribution in [2.75, 3.05) is 46.3 Å². The summed E-state index contributed by atoms with van der Waals surface area (Å²) in [6.07, 6.45) is 1.76. The van der Waals surface area contributed by atoms with Gasteiger partial charge in [-0.15, -0.1) is 0 Å². The molecule has 7 heteroatoms. The van der Waals surface area contributed by atoms with Crippen molar-refractivity contribution in [2.45, 2.75) is 6.92 Å². The van der Waals surface area contributed by atoms with E-state index in [0.29, 0.717) is 17.8 Å². The van der Waals surface area contributed by atoms with E-state index in [9.17, 15) is 4.79 Å². The van der Waals surface area contributed by atoms with Gasteiger partial charge in [-0.25, -0.2) is 9.67 Å². The minimum absolute atomic E-state index is 0.0992. The number of nitrogens with one attached hydrogen (secondary N) is 1. The van der Waals surface area contributed by atoms with E-state index in [1.54, 1.807) is 6.20 Å². The van der Waals surface area contributed by atoms with Gasteiger partial charge in [0.2, 0.25) is 0 Å². The zero-order valence-electron chi connectivity index (χ0n) is 21.9. The van der Waals surface area contributed by atoms with E-state index in [1.807, 2.05) is 41.1 Å². The van der Waals surface area contributed by atoms with Crippen LogP contribution in [0.5, 0.6) is 0 Å². The first-order valence-electron chi connectivity index (χ1n) is 13.2. The molecule has 7 nitrogen and oxygen atoms in total. The van der Waals surface area contributed by atoms with Gasteiger partial charge >= 0.3 is 0 Å². The molecule has 2 aromatic heterocycles. The summed E-state index contributed by atoms with van der Waals surface area (Å²) in [6.45, 7) is 7.68. The molecule has 0 atom stereocenters. The highest BCUT2D eigenvalue weighted by Crippen LogP contribution is 2.29. The largest absolute Gasteiger partial charge is 0.351 e. The first-order chi connectivity index (χ1) is 18.6. The number of benzene rings is 3. The fourth-order valence-electron chi connectivity index (χ4n) is 5.16. The lowest BCUT2D eigenvalue weighted by Gasteiger charge is -2.32. The van der Waals surface area contributed by atoms with E-state index in [0.717, 1.165) is 66.0 Å². The van der Waals surface area contributed by atoms with Crippen molar-refractivity contribution in [2.24, 2.45) is 0 Å². The number of carbonyl (C=O) groups is 1. The van der Waals surface area contributed by atoms with Gasteiger partial charge in [0.1, 0.15) is 0 Å². The molecule has 0 unspecified atom stereocenters. The molecular formula is C31H32N6O. The van der Waals surface area contributed by atoms with Gasteiger partial charge in [0.25, 0.3) is 5.91 Å². The van der Waals surface area contributed by atoms with E-state index >= 15 is 0 Å². The zero-order chi connectivity index (χ0) is 26.1. The van der Waals surface area contributed by atoms with Gasteiger partial charge in [-0.05, 0) is 48.5 Å². The van der Waals surface area contributed by atoms with Crippen LogP contribution in [0.3, 0.4) is 0 Å². The van der Waals surface area contributed by atoms with Gasteiger partial charge < -0.3 is 10.2 Å². The molecular weight excluding hydrogens is 472 g/mol. The van der Waals surface area contributed by atoms with Gasteiger partial charge in [-0.3, -0.25) is 9.69 Å². The Morgan fingerprint density at radius 3 is 2.50 bits per heavy atom. The lowest BCUT2D eigenvalue weighted by molar-refractivity contribution is 0.0942. The fraction of sp³-hybridized carbons (Fsp3) is 0.258. The average molecular weight is 505 g/mol. The number of rotatable bonds is 6. The van der Waals surface area contributed by atoms with Crippen LogP contribution < -0.4 is 5.32 Å². The molecule has 1 aliphatic rings. The van der Waals surface area contributed by atoms with Gasteiger partial charge in [-0.2, -0.15) is 5.10 Å². The summed E-state index contributed by atoms with van der Waals surface area (Å²) < 4.78 is 1.84. The predicted octanol–water partition coefficient (Wildman–Crippen LogP) is 4.53. The number of piperazine rings is 1. The summed E-state index contributed by atoms with van der Waals surface area (Å²) in [5, 5.41) is 10.9. The predicted molar refractivity (Wildman–Crippen MR) is 153 cm³/mol. The van der Waals surface area contributed by atoms with E-state index in [1.165, 1.54) is 5.39 Å². The number of pyridine rings is 1. The number of nitrogens with zero attached hydrogens (tertiary/aromatic N) is 5. The normalized spacial score (nSPS) is 14.8. The number of amides is 1. The highest BCUT2D eigenvalue weighted by Gasteiger charge is 2.20. The van der Waals surface area contributed by atoms with Crippen molar-refractivity contribution < 1.29 is 4.79 Å². The fourth-order valence-corrected chi connectivity index (χ4v) is 5.16. The summed E-state index contributed by atoms with van der Waals surface area (Å²) in [5.74, 6) is -0.0992. The Morgan fingerprint density at radius 1 is 0.921 bits per heavy atom. The Labute approximate surface area is 222 Å². The van der Waals surface area contributed by atoms with Gasteiger partial charge in [0, 0.05) is 44.8 Å². The number of likely N-dealkylation sites (N-methyl/N-ethyl adjacent to an activating group) is 1. The maximum Gasteiger partial charge on any atom is 0.252 e. The highest BCUT2D eigenvalue weighted by molar-refractivity contribution is 6.07. The van der Waals surface area contributed by atoms with E-state index < -0.39 is 0 Å². The number of hydrogen-bond acceptors (Lipinski definition) is 5. The van der Waals surface area contributed by atoms with Crippen LogP contribution >= 0.6 is 0 Å². The summed E-state index contributed by atoms with van der Waals surface area (Å²) in [7, 11) is 2.15. The molecule has 1 amide bonds. The van der Waals surface area contributed by atoms with Crippen molar-refractivity contribution in [3.8, 4) is 16.9 Å². The summed E-state index contributed by atoms with van der Waals surface area (Å²) in [5.41, 5.74) is 5.03. The number of para-hydroxylation sites is 1. The Morgan fingerprint density at radius 2 is 1.68 bits per heavy atom. The zero-order valence-corrected chi connectivity index (χ0v) is 21.9. The van der Waals surface area contributed by atoms with E-state index in [-0.39, 0.29) is 5.91 Å². The second-order valence-electron chi connectivity index (χ2n) is 10.1. The third-order valence-corrected chi connectivity index (χ3v) is 7.48. The average Bonchev–Trinajstić information content (AvgIpc) is 3.37. The standard InChI is InChI=1S/C31H32N6O/c1-22-7-3-6-10-29(22)37-30-27(21-33-37)26(31(38)32-13-14-36-17-15-35(2)16-18-36)20-28(34-30)25-12-11-23-8-4-5-9-24(23)19-25/h3-12,19-21H,13-18H2,1-2H3,(H,32,38). The van der Waals surface area contributed by atoms with Gasteiger partial charge in [-0.1, -0.05) is 54.6 Å². The molecule has 3 aromatic carbocycles. The third-order valence-electron chi connectivity index (χ3n) is 7.48. The van der Waals surface area contributed by atoms with E-state index in [4.69, 9.17) is 4.98 Å². The summed E-state index contributed by atoms with van der Waals surface area (Å²) >= 11 is 0. The van der Waals surface area contributed by atoms with Crippen LogP contribution in [-0.4, -0.2) is 76.8 Å². The Bertz CT molecular complexity index is 1620. The molecule has 1 fully saturated rings. The number of fused-ring (bicyclic) bond motifs is 2. The first-order valence-corrected chi connectivity index (χ1v) is 13.2. The van der Waals surface area contributed by atoms with Crippen LogP contribution in [0.4, 0.5) is 0 Å². The number of aromatic nitrogens is 3. The van der Waals surface area contributed by atoms with Crippen LogP contribution in [0.2, 0.25) is 0 Å². The molecule has 5 aromatic rings. The molecule has 0 radical (unpaired) electrons. The van der Waals surface area contributed by atoms with Crippen LogP contribution in [0, 0.1) is 6.92 Å². The number of hydrogen-bond donors (Lipinski definition) is 1. The molecule has 1 aliphatic heterocycles. The molecule has 6 rings (SSSR count). The summed E-state index contributed by atoms with van der Waals surface area (Å²) in [6, 6.07) is 24.6. The summed E-state index contributed by atoms with van der Waals surface area (Å²) in [4.78, 5) is 23.3. The Hall–Kier alpha value is -4.07. The molecule has 1 N–H and O–H groups in total. The Kier molecular flexibility index (Phi) is 6.62. The topological polar surface area (TPSA) is 66.3 Å². The maximum absolute atomic E-state index is 13.6. The molecule has 38 heavy (non-hydrogen) atoms. The van der Waals surface area contributed by atoms with Gasteiger partial charge in [0.15, 0.2) is 5.65 Å². The molecule has 0 aliphatic carbocycles. The third kappa shape index (κ3) is 4.78. The number of carbonyl (C=O) groups excluding carboxylic acids is 1. The van der Waals surface area contributed by atoms with Crippen LogP contribution in [0.1, 0.15) is 15.9 Å². The van der Waals surface area contributed by atoms with Crippen LogP contribution in [-0.2, 0) is 0 Å². The van der Waals surface area contributed by atoms with Crippen molar-refractivity contribution >= 4 is 27.7 Å². The monoisotopic (exact) mass is 504 g/mol. The second-order valence-corrected chi connectivity index (χ2v) is 10.1. The van der Waals surface area contributed by atoms with Crippen molar-refractivity contribution in [1.82, 2.24) is 29.9 Å². The molecule has 0 spiro atoms. The maximum atomic E-state index is 13.6. The first kappa shape index (κ1) is 24.3. The minimum atomic E-state index is -0.0992. The molecule has 0 bridgehead atoms. The molecule has 192 valence electrons. The van der Waals surface area contributed by atoms with E-state index in [2.05, 4.69) is 70.6 Å². The van der Waals surface area contributed by atoms with Crippen LogP contribution in [0.15, 0.2) is 79.0 Å². The van der Waals surface area contributed by atoms with Crippen molar-refractivity contribution in [3.63, 3.8) is 0 Å². The lowest BCUT2D eigenvalue weighted by Crippen LogP contribution is -2.46. The molecule has 0 saturated carbocycles. The highest BCUT2D eigenvalue weighted by atomic mass is 16.1. The smallest absolute Gasteiger partial charge is 0.252 e. The van der Waals surface area contributed by atoms with Crippen molar-refractivity contribution in [1.29, 1.82) is 0 Å². The minimum Gasteiger partial charge on any atom is -0.351 e. The molecule has 3 heterocycles. The lowest BCUT2D eigenvalue weighted by atomic mass is 10.0. The Balaban J connectivity index is 1.38. The number of aryl methyl sites for hydroxylation is 1. The van der Waals surface area contributed by atoms with Gasteiger partial charge in [0.05, 0.1) is 28.5 Å². The second kappa shape index (κ2) is 10.4. The SMILES string of the molecule is Cc1ccccc1-n1ncc2c(C(=O)NCCN3CCN(C)CC3)cc(-c3ccc4ccccc4c3)nc21. The van der Waals surface area contributed by atoms with Crippen molar-refractivity contribution in [3.05, 3.63) is 90.1 Å². The van der Waals surface area contributed by atoms with Crippen LogP contribution in [0.25, 0.3) is 38.8 Å². The quantitative estimate of drug-likeness (QED) is 0.368. The molecule has 1 saturated heterocycles.